The topological polar surface area (TPSA) is 37.4 Å². The highest BCUT2D eigenvalue weighted by molar-refractivity contribution is 5.51. The Balaban J connectivity index is 2.34. The molecule has 2 heterocycles. The number of rotatable bonds is 3. The standard InChI is InChI=1S/C14H20F3N3O/c1-13(21-3)5-4-6-20(9-13)12-8-10(14(15,16)17)7-11(18-2)19-12/h7-8H,4-6,9H2,1-3H3,(H,18,19). The molecule has 1 aromatic heterocycles. The molecule has 0 aliphatic carbocycles. The van der Waals surface area contributed by atoms with Crippen molar-refractivity contribution in [3.8, 4) is 0 Å². The van der Waals surface area contributed by atoms with Crippen LogP contribution in [0.4, 0.5) is 24.8 Å². The number of ether oxygens (including phenoxy) is 1. The van der Waals surface area contributed by atoms with Gasteiger partial charge in [-0.1, -0.05) is 0 Å². The fourth-order valence-corrected chi connectivity index (χ4v) is 2.54. The van der Waals surface area contributed by atoms with E-state index >= 15 is 0 Å². The quantitative estimate of drug-likeness (QED) is 0.931. The van der Waals surface area contributed by atoms with Crippen molar-refractivity contribution in [3.63, 3.8) is 0 Å². The number of nitrogens with zero attached hydrogens (tertiary/aromatic N) is 2. The predicted molar refractivity (Wildman–Crippen MR) is 75.6 cm³/mol. The van der Waals surface area contributed by atoms with E-state index in [9.17, 15) is 13.2 Å². The molecule has 7 heteroatoms. The van der Waals surface area contributed by atoms with Crippen molar-refractivity contribution in [2.45, 2.75) is 31.5 Å². The van der Waals surface area contributed by atoms with Crippen LogP contribution in [-0.4, -0.2) is 37.8 Å². The van der Waals surface area contributed by atoms with Gasteiger partial charge in [0.05, 0.1) is 11.2 Å². The third kappa shape index (κ3) is 3.58. The number of anilines is 2. The Bertz CT molecular complexity index is 507. The van der Waals surface area contributed by atoms with Crippen molar-refractivity contribution >= 4 is 11.6 Å². The lowest BCUT2D eigenvalue weighted by atomic mass is 9.94. The van der Waals surface area contributed by atoms with Crippen LogP contribution < -0.4 is 10.2 Å². The van der Waals surface area contributed by atoms with Gasteiger partial charge in [-0.2, -0.15) is 13.2 Å². The Labute approximate surface area is 122 Å². The maximum absolute atomic E-state index is 13.0. The van der Waals surface area contributed by atoms with E-state index in [-0.39, 0.29) is 11.4 Å². The molecule has 1 saturated heterocycles. The first-order chi connectivity index (χ1) is 9.77. The fraction of sp³-hybridized carbons (Fsp3) is 0.643. The lowest BCUT2D eigenvalue weighted by Crippen LogP contribution is -2.47. The molecule has 21 heavy (non-hydrogen) atoms. The second-order valence-corrected chi connectivity index (χ2v) is 5.53. The second-order valence-electron chi connectivity index (χ2n) is 5.53. The van der Waals surface area contributed by atoms with E-state index in [1.165, 1.54) is 0 Å². The highest BCUT2D eigenvalue weighted by Crippen LogP contribution is 2.34. The molecule has 1 aliphatic heterocycles. The largest absolute Gasteiger partial charge is 0.416 e. The average molecular weight is 303 g/mol. The molecule has 1 N–H and O–H groups in total. The van der Waals surface area contributed by atoms with Crippen molar-refractivity contribution in [1.82, 2.24) is 4.98 Å². The molecule has 1 fully saturated rings. The minimum absolute atomic E-state index is 0.213. The van der Waals surface area contributed by atoms with Gasteiger partial charge in [0, 0.05) is 27.2 Å². The molecule has 118 valence electrons. The SMILES string of the molecule is CNc1cc(C(F)(F)F)cc(N2CCCC(C)(OC)C2)n1. The third-order valence-corrected chi connectivity index (χ3v) is 3.87. The summed E-state index contributed by atoms with van der Waals surface area (Å²) in [6.07, 6.45) is -2.64. The van der Waals surface area contributed by atoms with Gasteiger partial charge in [-0.15, -0.1) is 0 Å². The van der Waals surface area contributed by atoms with Crippen molar-refractivity contribution < 1.29 is 17.9 Å². The van der Waals surface area contributed by atoms with E-state index in [1.54, 1.807) is 14.2 Å². The normalized spacial score (nSPS) is 23.2. The number of alkyl halides is 3. The van der Waals surface area contributed by atoms with E-state index < -0.39 is 11.7 Å². The van der Waals surface area contributed by atoms with Gasteiger partial charge in [0.2, 0.25) is 0 Å². The van der Waals surface area contributed by atoms with E-state index in [4.69, 9.17) is 4.74 Å². The lowest BCUT2D eigenvalue weighted by molar-refractivity contribution is -0.137. The summed E-state index contributed by atoms with van der Waals surface area (Å²) >= 11 is 0. The van der Waals surface area contributed by atoms with Crippen molar-refractivity contribution in [2.75, 3.05) is 37.5 Å². The van der Waals surface area contributed by atoms with Crippen LogP contribution in [0.25, 0.3) is 0 Å². The maximum atomic E-state index is 13.0. The molecule has 0 amide bonds. The molecular weight excluding hydrogens is 283 g/mol. The maximum Gasteiger partial charge on any atom is 0.416 e. The minimum Gasteiger partial charge on any atom is -0.377 e. The Hall–Kier alpha value is -1.50. The first kappa shape index (κ1) is 15.9. The van der Waals surface area contributed by atoms with E-state index in [1.807, 2.05) is 11.8 Å². The summed E-state index contributed by atoms with van der Waals surface area (Å²) in [5.74, 6) is 0.543. The number of aromatic nitrogens is 1. The van der Waals surface area contributed by atoms with Crippen LogP contribution >= 0.6 is 0 Å². The number of nitrogens with one attached hydrogen (secondary N) is 1. The monoisotopic (exact) mass is 303 g/mol. The van der Waals surface area contributed by atoms with Gasteiger partial charge in [-0.25, -0.2) is 4.98 Å². The molecule has 1 aromatic rings. The molecule has 0 saturated carbocycles. The first-order valence-electron chi connectivity index (χ1n) is 6.84. The van der Waals surface area contributed by atoms with Crippen LogP contribution in [0.3, 0.4) is 0 Å². The molecule has 0 aromatic carbocycles. The van der Waals surface area contributed by atoms with Crippen LogP contribution in [0, 0.1) is 0 Å². The Morgan fingerprint density at radius 2 is 2.10 bits per heavy atom. The summed E-state index contributed by atoms with van der Waals surface area (Å²) in [6.45, 7) is 3.17. The van der Waals surface area contributed by atoms with Gasteiger partial charge in [0.25, 0.3) is 0 Å². The second kappa shape index (κ2) is 5.71. The molecule has 0 spiro atoms. The fourth-order valence-electron chi connectivity index (χ4n) is 2.54. The highest BCUT2D eigenvalue weighted by Gasteiger charge is 2.35. The number of hydrogen-bond acceptors (Lipinski definition) is 4. The van der Waals surface area contributed by atoms with E-state index in [0.717, 1.165) is 25.0 Å². The minimum atomic E-state index is -4.39. The molecule has 0 bridgehead atoms. The Morgan fingerprint density at radius 3 is 2.67 bits per heavy atom. The van der Waals surface area contributed by atoms with Gasteiger partial charge in [0.1, 0.15) is 11.6 Å². The number of piperidine rings is 1. The zero-order valence-corrected chi connectivity index (χ0v) is 12.4. The summed E-state index contributed by atoms with van der Waals surface area (Å²) in [4.78, 5) is 6.10. The third-order valence-electron chi connectivity index (χ3n) is 3.87. The molecular formula is C14H20F3N3O. The molecule has 0 radical (unpaired) electrons. The van der Waals surface area contributed by atoms with Crippen LogP contribution in [0.1, 0.15) is 25.3 Å². The molecule has 1 aliphatic rings. The van der Waals surface area contributed by atoms with E-state index in [0.29, 0.717) is 18.9 Å². The van der Waals surface area contributed by atoms with Gasteiger partial charge in [-0.05, 0) is 31.9 Å². The smallest absolute Gasteiger partial charge is 0.377 e. The zero-order chi connectivity index (χ0) is 15.7. The summed E-state index contributed by atoms with van der Waals surface area (Å²) < 4.78 is 44.4. The highest BCUT2D eigenvalue weighted by atomic mass is 19.4. The van der Waals surface area contributed by atoms with Crippen LogP contribution in [0.15, 0.2) is 12.1 Å². The van der Waals surface area contributed by atoms with Gasteiger partial charge < -0.3 is 15.0 Å². The molecule has 1 atom stereocenters. The van der Waals surface area contributed by atoms with Gasteiger partial charge >= 0.3 is 6.18 Å². The van der Waals surface area contributed by atoms with Crippen molar-refractivity contribution in [2.24, 2.45) is 0 Å². The van der Waals surface area contributed by atoms with Gasteiger partial charge in [-0.3, -0.25) is 0 Å². The lowest BCUT2D eigenvalue weighted by Gasteiger charge is -2.40. The van der Waals surface area contributed by atoms with Crippen LogP contribution in [0.2, 0.25) is 0 Å². The zero-order valence-electron chi connectivity index (χ0n) is 12.4. The van der Waals surface area contributed by atoms with Crippen LogP contribution in [-0.2, 0) is 10.9 Å². The summed E-state index contributed by atoms with van der Waals surface area (Å²) in [7, 11) is 3.18. The average Bonchev–Trinajstić information content (AvgIpc) is 2.46. The molecule has 2 rings (SSSR count). The number of halogens is 3. The molecule has 4 nitrogen and oxygen atoms in total. The van der Waals surface area contributed by atoms with Crippen LogP contribution in [0.5, 0.6) is 0 Å². The Kier molecular flexibility index (Phi) is 4.32. The van der Waals surface area contributed by atoms with Crippen molar-refractivity contribution in [1.29, 1.82) is 0 Å². The predicted octanol–water partition coefficient (Wildman–Crippen LogP) is 3.15. The summed E-state index contributed by atoms with van der Waals surface area (Å²) in [6, 6.07) is 2.12. The summed E-state index contributed by atoms with van der Waals surface area (Å²) in [5, 5.41) is 2.68. The van der Waals surface area contributed by atoms with Gasteiger partial charge in [0.15, 0.2) is 0 Å². The van der Waals surface area contributed by atoms with E-state index in [2.05, 4.69) is 10.3 Å². The Morgan fingerprint density at radius 1 is 1.38 bits per heavy atom. The number of pyridine rings is 1. The number of hydrogen-bond donors (Lipinski definition) is 1. The number of methoxy groups -OCH3 is 1. The summed E-state index contributed by atoms with van der Waals surface area (Å²) in [5.41, 5.74) is -1.05. The first-order valence-corrected chi connectivity index (χ1v) is 6.84. The molecule has 1 unspecified atom stereocenters. The van der Waals surface area contributed by atoms with Crippen molar-refractivity contribution in [3.05, 3.63) is 17.7 Å².